The van der Waals surface area contributed by atoms with E-state index >= 15 is 0 Å². The summed E-state index contributed by atoms with van der Waals surface area (Å²) in [7, 11) is 0. The van der Waals surface area contributed by atoms with Crippen LogP contribution in [0.25, 0.3) is 11.0 Å². The van der Waals surface area contributed by atoms with Crippen molar-refractivity contribution in [1.29, 1.82) is 0 Å². The van der Waals surface area contributed by atoms with E-state index in [0.717, 1.165) is 0 Å². The highest BCUT2D eigenvalue weighted by Crippen LogP contribution is 2.26. The monoisotopic (exact) mass is 152 g/mol. The lowest BCUT2D eigenvalue weighted by molar-refractivity contribution is 0.464. The van der Waals surface area contributed by atoms with E-state index in [1.165, 1.54) is 24.5 Å². The molecular weight excluding hydrogens is 147 g/mol. The maximum Gasteiger partial charge on any atom is 0.161 e. The van der Waals surface area contributed by atoms with Crippen LogP contribution < -0.4 is 0 Å². The van der Waals surface area contributed by atoms with Crippen LogP contribution in [0.15, 0.2) is 28.9 Å². The molecule has 2 aromatic rings. The van der Waals surface area contributed by atoms with Crippen molar-refractivity contribution < 1.29 is 13.9 Å². The Hall–Kier alpha value is -1.51. The summed E-state index contributed by atoms with van der Waals surface area (Å²) >= 11 is 0. The summed E-state index contributed by atoms with van der Waals surface area (Å²) in [6.45, 7) is 0. The first-order valence-corrected chi connectivity index (χ1v) is 3.13. The topological polar surface area (TPSA) is 33.4 Å². The van der Waals surface area contributed by atoms with Gasteiger partial charge in [0.25, 0.3) is 0 Å². The van der Waals surface area contributed by atoms with E-state index < -0.39 is 0 Å². The Morgan fingerprint density at radius 2 is 2.18 bits per heavy atom. The van der Waals surface area contributed by atoms with Gasteiger partial charge in [-0.05, 0) is 12.1 Å². The lowest BCUT2D eigenvalue weighted by Crippen LogP contribution is -1.69. The lowest BCUT2D eigenvalue weighted by Gasteiger charge is -1.87. The zero-order valence-electron chi connectivity index (χ0n) is 5.54. The highest BCUT2D eigenvalue weighted by molar-refractivity contribution is 5.83. The van der Waals surface area contributed by atoms with Crippen molar-refractivity contribution in [3.63, 3.8) is 0 Å². The molecule has 2 rings (SSSR count). The maximum absolute atomic E-state index is 12.5. The highest BCUT2D eigenvalue weighted by atomic mass is 19.1. The number of benzene rings is 1. The SMILES string of the molecule is Oc1coc2cc(F)ccc12. The van der Waals surface area contributed by atoms with Gasteiger partial charge in [-0.2, -0.15) is 0 Å². The largest absolute Gasteiger partial charge is 0.504 e. The Kier molecular flexibility index (Phi) is 1.12. The quantitative estimate of drug-likeness (QED) is 0.628. The van der Waals surface area contributed by atoms with Crippen molar-refractivity contribution in [3.05, 3.63) is 30.3 Å². The van der Waals surface area contributed by atoms with E-state index in [-0.39, 0.29) is 11.6 Å². The van der Waals surface area contributed by atoms with Crippen LogP contribution >= 0.6 is 0 Å². The van der Waals surface area contributed by atoms with E-state index in [1.807, 2.05) is 0 Å². The molecular formula is C8H5FO2. The summed E-state index contributed by atoms with van der Waals surface area (Å²) in [4.78, 5) is 0. The highest BCUT2D eigenvalue weighted by Gasteiger charge is 2.03. The summed E-state index contributed by atoms with van der Waals surface area (Å²) in [6.07, 6.45) is 1.18. The molecule has 0 aliphatic carbocycles. The minimum absolute atomic E-state index is 0.0417. The van der Waals surface area contributed by atoms with Gasteiger partial charge in [-0.1, -0.05) is 0 Å². The molecule has 0 radical (unpaired) electrons. The second-order valence-electron chi connectivity index (χ2n) is 2.26. The molecule has 1 N–H and O–H groups in total. The fourth-order valence-electron chi connectivity index (χ4n) is 0.988. The zero-order chi connectivity index (χ0) is 7.84. The smallest absolute Gasteiger partial charge is 0.161 e. The standard InChI is InChI=1S/C8H5FO2/c9-5-1-2-6-7(10)4-11-8(6)3-5/h1-4,10H. The minimum atomic E-state index is -0.369. The predicted molar refractivity (Wildman–Crippen MR) is 37.8 cm³/mol. The molecule has 1 aromatic carbocycles. The zero-order valence-corrected chi connectivity index (χ0v) is 5.54. The van der Waals surface area contributed by atoms with Crippen LogP contribution in [0, 0.1) is 5.82 Å². The van der Waals surface area contributed by atoms with E-state index in [1.54, 1.807) is 0 Å². The molecule has 0 bridgehead atoms. The van der Waals surface area contributed by atoms with Gasteiger partial charge in [-0.15, -0.1) is 0 Å². The first kappa shape index (κ1) is 6.22. The number of hydrogen-bond acceptors (Lipinski definition) is 2. The van der Waals surface area contributed by atoms with Gasteiger partial charge in [0.2, 0.25) is 0 Å². The normalized spacial score (nSPS) is 10.6. The van der Waals surface area contributed by atoms with Crippen molar-refractivity contribution in [2.75, 3.05) is 0 Å². The summed E-state index contributed by atoms with van der Waals surface area (Å²) in [5, 5.41) is 9.62. The van der Waals surface area contributed by atoms with Gasteiger partial charge in [0.1, 0.15) is 17.7 Å². The third-order valence-corrected chi connectivity index (χ3v) is 1.52. The molecule has 0 atom stereocenters. The first-order valence-electron chi connectivity index (χ1n) is 3.13. The van der Waals surface area contributed by atoms with Gasteiger partial charge in [0, 0.05) is 6.07 Å². The Balaban J connectivity index is 2.86. The Morgan fingerprint density at radius 1 is 1.36 bits per heavy atom. The number of rotatable bonds is 0. The van der Waals surface area contributed by atoms with Crippen molar-refractivity contribution in [2.24, 2.45) is 0 Å². The molecule has 2 nitrogen and oxygen atoms in total. The van der Waals surface area contributed by atoms with Crippen LogP contribution in [0.4, 0.5) is 4.39 Å². The summed E-state index contributed by atoms with van der Waals surface area (Å²) in [5.41, 5.74) is 0.363. The van der Waals surface area contributed by atoms with E-state index in [2.05, 4.69) is 0 Å². The lowest BCUT2D eigenvalue weighted by atomic mass is 10.2. The Bertz CT molecular complexity index is 392. The number of fused-ring (bicyclic) bond motifs is 1. The van der Waals surface area contributed by atoms with Crippen LogP contribution in [0.5, 0.6) is 5.75 Å². The van der Waals surface area contributed by atoms with Crippen molar-refractivity contribution in [2.45, 2.75) is 0 Å². The van der Waals surface area contributed by atoms with Crippen LogP contribution in [0.3, 0.4) is 0 Å². The van der Waals surface area contributed by atoms with Crippen LogP contribution in [0.1, 0.15) is 0 Å². The maximum atomic E-state index is 12.5. The van der Waals surface area contributed by atoms with Gasteiger partial charge in [0.05, 0.1) is 5.39 Å². The van der Waals surface area contributed by atoms with Crippen molar-refractivity contribution in [1.82, 2.24) is 0 Å². The minimum Gasteiger partial charge on any atom is -0.504 e. The van der Waals surface area contributed by atoms with Crippen LogP contribution in [-0.4, -0.2) is 5.11 Å². The molecule has 11 heavy (non-hydrogen) atoms. The fraction of sp³-hybridized carbons (Fsp3) is 0. The van der Waals surface area contributed by atoms with Gasteiger partial charge < -0.3 is 9.52 Å². The average Bonchev–Trinajstić information content (AvgIpc) is 2.32. The number of hydrogen-bond donors (Lipinski definition) is 1. The predicted octanol–water partition coefficient (Wildman–Crippen LogP) is 2.28. The van der Waals surface area contributed by atoms with E-state index in [9.17, 15) is 4.39 Å². The molecule has 3 heteroatoms. The summed E-state index contributed by atoms with van der Waals surface area (Å²) in [5.74, 6) is -0.327. The molecule has 0 fully saturated rings. The third-order valence-electron chi connectivity index (χ3n) is 1.52. The van der Waals surface area contributed by atoms with Gasteiger partial charge in [0.15, 0.2) is 5.75 Å². The molecule has 0 saturated carbocycles. The van der Waals surface area contributed by atoms with Gasteiger partial charge >= 0.3 is 0 Å². The van der Waals surface area contributed by atoms with E-state index in [0.29, 0.717) is 11.0 Å². The Labute approximate surface area is 61.9 Å². The molecule has 0 spiro atoms. The van der Waals surface area contributed by atoms with Gasteiger partial charge in [-0.25, -0.2) is 4.39 Å². The second kappa shape index (κ2) is 1.99. The third kappa shape index (κ3) is 0.852. The number of halogens is 1. The number of furan rings is 1. The van der Waals surface area contributed by atoms with Crippen LogP contribution in [-0.2, 0) is 0 Å². The molecule has 0 unspecified atom stereocenters. The molecule has 0 amide bonds. The molecule has 1 heterocycles. The van der Waals surface area contributed by atoms with Crippen molar-refractivity contribution in [3.8, 4) is 5.75 Å². The molecule has 0 aliphatic heterocycles. The average molecular weight is 152 g/mol. The van der Waals surface area contributed by atoms with Crippen LogP contribution in [0.2, 0.25) is 0 Å². The molecule has 0 aliphatic rings. The summed E-state index contributed by atoms with van der Waals surface area (Å²) < 4.78 is 17.3. The molecule has 0 saturated heterocycles. The fourth-order valence-corrected chi connectivity index (χ4v) is 0.988. The second-order valence-corrected chi connectivity index (χ2v) is 2.26. The first-order chi connectivity index (χ1) is 5.27. The van der Waals surface area contributed by atoms with Gasteiger partial charge in [-0.3, -0.25) is 0 Å². The summed E-state index contributed by atoms with van der Waals surface area (Å²) in [6, 6.07) is 3.98. The van der Waals surface area contributed by atoms with Crippen molar-refractivity contribution >= 4 is 11.0 Å². The molecule has 56 valence electrons. The van der Waals surface area contributed by atoms with E-state index in [4.69, 9.17) is 9.52 Å². The molecule has 1 aromatic heterocycles. The number of aromatic hydroxyl groups is 1. The Morgan fingerprint density at radius 3 is 3.00 bits per heavy atom.